The van der Waals surface area contributed by atoms with Crippen LogP contribution < -0.4 is 14.8 Å². The summed E-state index contributed by atoms with van der Waals surface area (Å²) in [5.41, 5.74) is 1.54. The molecule has 2 rings (SSSR count). The zero-order chi connectivity index (χ0) is 19.3. The number of sulfonamides is 1. The van der Waals surface area contributed by atoms with Crippen molar-refractivity contribution in [2.45, 2.75) is 44.7 Å². The predicted molar refractivity (Wildman–Crippen MR) is 102 cm³/mol. The lowest BCUT2D eigenvalue weighted by Gasteiger charge is -2.15. The summed E-state index contributed by atoms with van der Waals surface area (Å²) in [5, 5.41) is 2.72. The highest BCUT2D eigenvalue weighted by atomic mass is 32.2. The van der Waals surface area contributed by atoms with E-state index in [4.69, 9.17) is 4.74 Å². The molecule has 0 heterocycles. The summed E-state index contributed by atoms with van der Waals surface area (Å²) in [5.74, 6) is 0.302. The third kappa shape index (κ3) is 5.57. The Morgan fingerprint density at radius 2 is 1.69 bits per heavy atom. The second kappa shape index (κ2) is 8.33. The molecule has 1 unspecified atom stereocenters. The first kappa shape index (κ1) is 19.9. The van der Waals surface area contributed by atoms with Crippen molar-refractivity contribution in [1.82, 2.24) is 4.72 Å². The van der Waals surface area contributed by atoms with Gasteiger partial charge in [0.05, 0.1) is 4.90 Å². The summed E-state index contributed by atoms with van der Waals surface area (Å²) >= 11 is 0. The number of anilines is 1. The van der Waals surface area contributed by atoms with E-state index in [-0.39, 0.29) is 16.8 Å². The summed E-state index contributed by atoms with van der Waals surface area (Å²) in [7, 11) is -3.55. The van der Waals surface area contributed by atoms with Gasteiger partial charge in [-0.05, 0) is 69.7 Å². The summed E-state index contributed by atoms with van der Waals surface area (Å²) < 4.78 is 32.3. The van der Waals surface area contributed by atoms with E-state index in [1.165, 1.54) is 12.1 Å². The first-order chi connectivity index (χ1) is 12.2. The first-order valence-corrected chi connectivity index (χ1v) is 9.82. The fourth-order valence-electron chi connectivity index (χ4n) is 2.29. The summed E-state index contributed by atoms with van der Waals surface area (Å²) in [6.45, 7) is 7.11. The van der Waals surface area contributed by atoms with Crippen LogP contribution in [-0.2, 0) is 14.8 Å². The topological polar surface area (TPSA) is 84.5 Å². The molecule has 0 saturated heterocycles. The Morgan fingerprint density at radius 3 is 2.27 bits per heavy atom. The van der Waals surface area contributed by atoms with Gasteiger partial charge in [0.2, 0.25) is 10.0 Å². The molecule has 140 valence electrons. The Balaban J connectivity index is 2.00. The first-order valence-electron chi connectivity index (χ1n) is 8.34. The molecule has 0 bridgehead atoms. The van der Waals surface area contributed by atoms with Gasteiger partial charge >= 0.3 is 0 Å². The number of hydrogen-bond acceptors (Lipinski definition) is 4. The lowest BCUT2D eigenvalue weighted by molar-refractivity contribution is -0.122. The maximum absolute atomic E-state index is 12.3. The monoisotopic (exact) mass is 376 g/mol. The smallest absolute Gasteiger partial charge is 0.265 e. The molecule has 0 saturated carbocycles. The highest BCUT2D eigenvalue weighted by molar-refractivity contribution is 7.89. The quantitative estimate of drug-likeness (QED) is 0.778. The third-order valence-electron chi connectivity index (χ3n) is 3.49. The molecule has 26 heavy (non-hydrogen) atoms. The number of aryl methyl sites for hydroxylation is 1. The Kier molecular flexibility index (Phi) is 6.39. The van der Waals surface area contributed by atoms with E-state index >= 15 is 0 Å². The molecule has 0 aromatic heterocycles. The number of hydrogen-bond donors (Lipinski definition) is 2. The van der Waals surface area contributed by atoms with Gasteiger partial charge in [-0.15, -0.1) is 0 Å². The van der Waals surface area contributed by atoms with Gasteiger partial charge in [0.1, 0.15) is 5.75 Å². The number of rotatable bonds is 7. The minimum Gasteiger partial charge on any atom is -0.481 e. The molecule has 0 aliphatic rings. The van der Waals surface area contributed by atoms with Gasteiger partial charge in [-0.25, -0.2) is 13.1 Å². The van der Waals surface area contributed by atoms with Crippen molar-refractivity contribution in [3.8, 4) is 5.75 Å². The molecule has 2 aromatic rings. The summed E-state index contributed by atoms with van der Waals surface area (Å²) in [4.78, 5) is 12.4. The van der Waals surface area contributed by atoms with Crippen LogP contribution in [0, 0.1) is 6.92 Å². The zero-order valence-electron chi connectivity index (χ0n) is 15.3. The van der Waals surface area contributed by atoms with Crippen LogP contribution in [0.5, 0.6) is 5.75 Å². The van der Waals surface area contributed by atoms with Crippen LogP contribution in [0.2, 0.25) is 0 Å². The van der Waals surface area contributed by atoms with E-state index in [9.17, 15) is 13.2 Å². The number of ether oxygens (including phenoxy) is 1. The SMILES string of the molecule is Cc1cccc(OC(C)C(=O)Nc2ccc(S(=O)(=O)NC(C)C)cc2)c1. The van der Waals surface area contributed by atoms with Gasteiger partial charge in [-0.3, -0.25) is 4.79 Å². The maximum atomic E-state index is 12.3. The second-order valence-corrected chi connectivity index (χ2v) is 8.08. The average molecular weight is 376 g/mol. The van der Waals surface area contributed by atoms with E-state index in [1.54, 1.807) is 39.0 Å². The normalized spacial score (nSPS) is 12.7. The van der Waals surface area contributed by atoms with Crippen LogP contribution in [0.25, 0.3) is 0 Å². The predicted octanol–water partition coefficient (Wildman–Crippen LogP) is 3.09. The van der Waals surface area contributed by atoms with Crippen molar-refractivity contribution in [2.24, 2.45) is 0 Å². The maximum Gasteiger partial charge on any atom is 0.265 e. The van der Waals surface area contributed by atoms with Crippen LogP contribution in [-0.4, -0.2) is 26.5 Å². The van der Waals surface area contributed by atoms with Crippen molar-refractivity contribution >= 4 is 21.6 Å². The van der Waals surface area contributed by atoms with Gasteiger partial charge in [0, 0.05) is 11.7 Å². The minimum absolute atomic E-state index is 0.147. The molecule has 1 amide bonds. The van der Waals surface area contributed by atoms with Gasteiger partial charge in [-0.1, -0.05) is 12.1 Å². The fourth-order valence-corrected chi connectivity index (χ4v) is 3.54. The molecule has 1 atom stereocenters. The average Bonchev–Trinajstić information content (AvgIpc) is 2.54. The van der Waals surface area contributed by atoms with E-state index in [1.807, 2.05) is 25.1 Å². The summed E-state index contributed by atoms with van der Waals surface area (Å²) in [6, 6.07) is 13.3. The highest BCUT2D eigenvalue weighted by Gasteiger charge is 2.17. The minimum atomic E-state index is -3.55. The zero-order valence-corrected chi connectivity index (χ0v) is 16.1. The third-order valence-corrected chi connectivity index (χ3v) is 5.17. The Bertz CT molecular complexity index is 861. The second-order valence-electron chi connectivity index (χ2n) is 6.37. The molecule has 0 radical (unpaired) electrons. The molecule has 0 fully saturated rings. The molecule has 6 nitrogen and oxygen atoms in total. The molecular formula is C19H24N2O4S. The molecule has 2 aromatic carbocycles. The van der Waals surface area contributed by atoms with E-state index < -0.39 is 16.1 Å². The van der Waals surface area contributed by atoms with Crippen molar-refractivity contribution in [3.63, 3.8) is 0 Å². The Morgan fingerprint density at radius 1 is 1.04 bits per heavy atom. The van der Waals surface area contributed by atoms with Crippen molar-refractivity contribution in [3.05, 3.63) is 54.1 Å². The molecule has 0 aliphatic carbocycles. The molecule has 0 spiro atoms. The molecule has 0 aliphatic heterocycles. The van der Waals surface area contributed by atoms with Crippen LogP contribution >= 0.6 is 0 Å². The summed E-state index contributed by atoms with van der Waals surface area (Å²) in [6.07, 6.45) is -0.692. The van der Waals surface area contributed by atoms with Crippen molar-refractivity contribution in [1.29, 1.82) is 0 Å². The van der Waals surface area contributed by atoms with E-state index in [2.05, 4.69) is 10.0 Å². The number of amides is 1. The number of carbonyl (C=O) groups excluding carboxylic acids is 1. The van der Waals surface area contributed by atoms with Gasteiger partial charge < -0.3 is 10.1 Å². The lowest BCUT2D eigenvalue weighted by atomic mass is 10.2. The Labute approximate surface area is 154 Å². The van der Waals surface area contributed by atoms with Gasteiger partial charge in [-0.2, -0.15) is 0 Å². The van der Waals surface area contributed by atoms with Crippen LogP contribution in [0.1, 0.15) is 26.3 Å². The lowest BCUT2D eigenvalue weighted by Crippen LogP contribution is -2.31. The van der Waals surface area contributed by atoms with Crippen LogP contribution in [0.15, 0.2) is 53.4 Å². The van der Waals surface area contributed by atoms with E-state index in [0.717, 1.165) is 5.56 Å². The number of carbonyl (C=O) groups is 1. The van der Waals surface area contributed by atoms with Crippen LogP contribution in [0.3, 0.4) is 0 Å². The van der Waals surface area contributed by atoms with Crippen molar-refractivity contribution in [2.75, 3.05) is 5.32 Å². The highest BCUT2D eigenvalue weighted by Crippen LogP contribution is 2.17. The molecule has 7 heteroatoms. The van der Waals surface area contributed by atoms with Crippen molar-refractivity contribution < 1.29 is 17.9 Å². The van der Waals surface area contributed by atoms with Crippen LogP contribution in [0.4, 0.5) is 5.69 Å². The number of benzene rings is 2. The van der Waals surface area contributed by atoms with E-state index in [0.29, 0.717) is 11.4 Å². The number of nitrogens with one attached hydrogen (secondary N) is 2. The standard InChI is InChI=1S/C19H24N2O4S/c1-13(2)21-26(23,24)18-10-8-16(9-11-18)20-19(22)15(4)25-17-7-5-6-14(3)12-17/h5-13,15,21H,1-4H3,(H,20,22). The van der Waals surface area contributed by atoms with Gasteiger partial charge in [0.15, 0.2) is 6.10 Å². The Hall–Kier alpha value is -2.38. The molecular weight excluding hydrogens is 352 g/mol. The fraction of sp³-hybridized carbons (Fsp3) is 0.316. The van der Waals surface area contributed by atoms with Gasteiger partial charge in [0.25, 0.3) is 5.91 Å². The molecule has 2 N–H and O–H groups in total. The largest absolute Gasteiger partial charge is 0.481 e.